The van der Waals surface area contributed by atoms with Crippen LogP contribution in [0.1, 0.15) is 17.2 Å². The molecule has 100 valence electrons. The molecule has 0 spiro atoms. The van der Waals surface area contributed by atoms with E-state index < -0.39 is 0 Å². The summed E-state index contributed by atoms with van der Waals surface area (Å²) in [6, 6.07) is 15.7. The quantitative estimate of drug-likeness (QED) is 0.789. The molecule has 0 bridgehead atoms. The molecule has 2 N–H and O–H groups in total. The molecule has 20 heavy (non-hydrogen) atoms. The Morgan fingerprint density at radius 1 is 1.00 bits per heavy atom. The lowest BCUT2D eigenvalue weighted by molar-refractivity contribution is 0.408. The van der Waals surface area contributed by atoms with Gasteiger partial charge in [-0.2, -0.15) is 0 Å². The zero-order valence-electron chi connectivity index (χ0n) is 11.3. The van der Waals surface area contributed by atoms with Gasteiger partial charge in [0.1, 0.15) is 5.75 Å². The minimum absolute atomic E-state index is 0.225. The van der Waals surface area contributed by atoms with Crippen molar-refractivity contribution in [2.45, 2.75) is 6.04 Å². The van der Waals surface area contributed by atoms with Crippen LogP contribution in [-0.4, -0.2) is 12.1 Å². The summed E-state index contributed by atoms with van der Waals surface area (Å²) in [5.74, 6) is 0.811. The molecule has 1 atom stereocenters. The van der Waals surface area contributed by atoms with Gasteiger partial charge in [-0.3, -0.25) is 4.98 Å². The van der Waals surface area contributed by atoms with E-state index in [9.17, 15) is 0 Å². The molecule has 0 fully saturated rings. The van der Waals surface area contributed by atoms with E-state index in [0.29, 0.717) is 0 Å². The zero-order valence-corrected chi connectivity index (χ0v) is 11.3. The van der Waals surface area contributed by atoms with E-state index in [-0.39, 0.29) is 6.04 Å². The second kappa shape index (κ2) is 5.31. The van der Waals surface area contributed by atoms with Crippen molar-refractivity contribution in [2.24, 2.45) is 5.73 Å². The van der Waals surface area contributed by atoms with Gasteiger partial charge in [0, 0.05) is 23.3 Å². The molecular weight excluding hydrogens is 248 g/mol. The topological polar surface area (TPSA) is 48.1 Å². The van der Waals surface area contributed by atoms with Crippen molar-refractivity contribution in [1.82, 2.24) is 4.98 Å². The number of rotatable bonds is 3. The largest absolute Gasteiger partial charge is 0.496 e. The van der Waals surface area contributed by atoms with Crippen molar-refractivity contribution < 1.29 is 4.74 Å². The third kappa shape index (κ3) is 2.12. The summed E-state index contributed by atoms with van der Waals surface area (Å²) in [5.41, 5.74) is 8.52. The predicted octanol–water partition coefficient (Wildman–Crippen LogP) is 3.29. The normalized spacial score (nSPS) is 12.3. The number of hydrogen-bond acceptors (Lipinski definition) is 3. The van der Waals surface area contributed by atoms with Gasteiger partial charge in [-0.25, -0.2) is 0 Å². The van der Waals surface area contributed by atoms with Gasteiger partial charge in [-0.05, 0) is 23.1 Å². The zero-order chi connectivity index (χ0) is 13.9. The lowest BCUT2D eigenvalue weighted by Gasteiger charge is -2.17. The molecule has 0 radical (unpaired) electrons. The SMILES string of the molecule is COc1ccccc1C(N)c1cccc2cnccc12. The lowest BCUT2D eigenvalue weighted by atomic mass is 9.94. The number of nitrogens with zero attached hydrogens (tertiary/aromatic N) is 1. The van der Waals surface area contributed by atoms with Crippen LogP contribution in [0.2, 0.25) is 0 Å². The van der Waals surface area contributed by atoms with Crippen LogP contribution in [-0.2, 0) is 0 Å². The van der Waals surface area contributed by atoms with Crippen LogP contribution in [0.25, 0.3) is 10.8 Å². The maximum Gasteiger partial charge on any atom is 0.123 e. The number of methoxy groups -OCH3 is 1. The van der Waals surface area contributed by atoms with E-state index in [1.807, 2.05) is 48.7 Å². The van der Waals surface area contributed by atoms with E-state index in [1.54, 1.807) is 13.3 Å². The van der Waals surface area contributed by atoms with Gasteiger partial charge in [0.2, 0.25) is 0 Å². The van der Waals surface area contributed by atoms with Crippen LogP contribution in [0.15, 0.2) is 60.9 Å². The Morgan fingerprint density at radius 3 is 2.65 bits per heavy atom. The maximum absolute atomic E-state index is 6.46. The Balaban J connectivity index is 2.15. The number of aromatic nitrogens is 1. The third-order valence-corrected chi connectivity index (χ3v) is 3.52. The number of para-hydroxylation sites is 1. The molecule has 0 aliphatic heterocycles. The van der Waals surface area contributed by atoms with Gasteiger partial charge in [0.15, 0.2) is 0 Å². The molecule has 1 aromatic heterocycles. The minimum Gasteiger partial charge on any atom is -0.496 e. The van der Waals surface area contributed by atoms with Crippen LogP contribution in [0.3, 0.4) is 0 Å². The first kappa shape index (κ1) is 12.6. The van der Waals surface area contributed by atoms with Gasteiger partial charge < -0.3 is 10.5 Å². The Labute approximate surface area is 118 Å². The van der Waals surface area contributed by atoms with Gasteiger partial charge in [-0.15, -0.1) is 0 Å². The summed E-state index contributed by atoms with van der Waals surface area (Å²) >= 11 is 0. The number of hydrogen-bond donors (Lipinski definition) is 1. The molecule has 1 heterocycles. The van der Waals surface area contributed by atoms with Gasteiger partial charge in [0.05, 0.1) is 13.2 Å². The molecule has 2 aromatic carbocycles. The summed E-state index contributed by atoms with van der Waals surface area (Å²) in [7, 11) is 1.67. The first-order valence-corrected chi connectivity index (χ1v) is 6.52. The highest BCUT2D eigenvalue weighted by molar-refractivity contribution is 5.85. The summed E-state index contributed by atoms with van der Waals surface area (Å²) in [6.07, 6.45) is 3.65. The Morgan fingerprint density at radius 2 is 1.80 bits per heavy atom. The van der Waals surface area contributed by atoms with Crippen LogP contribution < -0.4 is 10.5 Å². The number of pyridine rings is 1. The first-order valence-electron chi connectivity index (χ1n) is 6.52. The Hall–Kier alpha value is -2.39. The van der Waals surface area contributed by atoms with E-state index in [2.05, 4.69) is 11.1 Å². The number of ether oxygens (including phenoxy) is 1. The third-order valence-electron chi connectivity index (χ3n) is 3.52. The maximum atomic E-state index is 6.46. The van der Waals surface area contributed by atoms with E-state index >= 15 is 0 Å². The van der Waals surface area contributed by atoms with Crippen molar-refractivity contribution in [3.05, 3.63) is 72.1 Å². The second-order valence-electron chi connectivity index (χ2n) is 4.66. The molecular formula is C17H16N2O. The summed E-state index contributed by atoms with van der Waals surface area (Å²) < 4.78 is 5.41. The highest BCUT2D eigenvalue weighted by Gasteiger charge is 2.15. The molecule has 0 amide bonds. The highest BCUT2D eigenvalue weighted by Crippen LogP contribution is 2.31. The second-order valence-corrected chi connectivity index (χ2v) is 4.66. The van der Waals surface area contributed by atoms with Crippen molar-refractivity contribution >= 4 is 10.8 Å². The molecule has 0 aliphatic rings. The van der Waals surface area contributed by atoms with Crippen LogP contribution in [0, 0.1) is 0 Å². The molecule has 0 saturated heterocycles. The monoisotopic (exact) mass is 264 g/mol. The van der Waals surface area contributed by atoms with Crippen LogP contribution >= 0.6 is 0 Å². The van der Waals surface area contributed by atoms with E-state index in [4.69, 9.17) is 10.5 Å². The minimum atomic E-state index is -0.225. The summed E-state index contributed by atoms with van der Waals surface area (Å²) in [6.45, 7) is 0. The lowest BCUT2D eigenvalue weighted by Crippen LogP contribution is -2.13. The first-order chi connectivity index (χ1) is 9.81. The number of benzene rings is 2. The molecule has 3 aromatic rings. The van der Waals surface area contributed by atoms with E-state index in [0.717, 1.165) is 27.6 Å². The molecule has 1 unspecified atom stereocenters. The van der Waals surface area contributed by atoms with Crippen LogP contribution in [0.5, 0.6) is 5.75 Å². The van der Waals surface area contributed by atoms with Gasteiger partial charge in [-0.1, -0.05) is 36.4 Å². The summed E-state index contributed by atoms with van der Waals surface area (Å²) in [5, 5.41) is 2.22. The molecule has 3 nitrogen and oxygen atoms in total. The fraction of sp³-hybridized carbons (Fsp3) is 0.118. The Bertz CT molecular complexity index is 734. The fourth-order valence-corrected chi connectivity index (χ4v) is 2.51. The number of fused-ring (bicyclic) bond motifs is 1. The molecule has 3 rings (SSSR count). The highest BCUT2D eigenvalue weighted by atomic mass is 16.5. The fourth-order valence-electron chi connectivity index (χ4n) is 2.51. The predicted molar refractivity (Wildman–Crippen MR) is 80.8 cm³/mol. The van der Waals surface area contributed by atoms with Crippen molar-refractivity contribution in [1.29, 1.82) is 0 Å². The number of nitrogens with two attached hydrogens (primary N) is 1. The molecule has 0 aliphatic carbocycles. The average Bonchev–Trinajstić information content (AvgIpc) is 2.53. The van der Waals surface area contributed by atoms with Gasteiger partial charge >= 0.3 is 0 Å². The van der Waals surface area contributed by atoms with E-state index in [1.165, 1.54) is 0 Å². The Kier molecular flexibility index (Phi) is 3.35. The van der Waals surface area contributed by atoms with Crippen molar-refractivity contribution in [2.75, 3.05) is 7.11 Å². The van der Waals surface area contributed by atoms with Gasteiger partial charge in [0.25, 0.3) is 0 Å². The van der Waals surface area contributed by atoms with Crippen LogP contribution in [0.4, 0.5) is 0 Å². The average molecular weight is 264 g/mol. The molecule has 0 saturated carbocycles. The van der Waals surface area contributed by atoms with Crippen molar-refractivity contribution in [3.8, 4) is 5.75 Å². The van der Waals surface area contributed by atoms with Crippen molar-refractivity contribution in [3.63, 3.8) is 0 Å². The standard InChI is InChI=1S/C17H16N2O/c1-20-16-8-3-2-6-15(16)17(18)14-7-4-5-12-11-19-10-9-13(12)14/h2-11,17H,18H2,1H3. The molecule has 3 heteroatoms. The summed E-state index contributed by atoms with van der Waals surface area (Å²) in [4.78, 5) is 4.15. The smallest absolute Gasteiger partial charge is 0.123 e.